The van der Waals surface area contributed by atoms with E-state index in [2.05, 4.69) is 15.1 Å². The molecule has 2 aromatic carbocycles. The van der Waals surface area contributed by atoms with E-state index in [1.54, 1.807) is 24.1 Å². The molecule has 1 fully saturated rings. The molecule has 1 unspecified atom stereocenters. The van der Waals surface area contributed by atoms with E-state index in [4.69, 9.17) is 9.47 Å². The summed E-state index contributed by atoms with van der Waals surface area (Å²) in [6, 6.07) is 13.5. The summed E-state index contributed by atoms with van der Waals surface area (Å²) in [6.07, 6.45) is 0. The molecule has 0 aliphatic carbocycles. The first-order chi connectivity index (χ1) is 16.6. The van der Waals surface area contributed by atoms with Crippen LogP contribution in [-0.4, -0.2) is 77.3 Å². The number of aromatic amines is 1. The van der Waals surface area contributed by atoms with Crippen molar-refractivity contribution in [1.82, 2.24) is 20.0 Å². The number of carbonyl (C=O) groups excluding carboxylic acids is 1. The van der Waals surface area contributed by atoms with Crippen molar-refractivity contribution in [3.8, 4) is 17.0 Å². The quantitative estimate of drug-likeness (QED) is 0.423. The van der Waals surface area contributed by atoms with E-state index in [1.807, 2.05) is 30.3 Å². The Morgan fingerprint density at radius 1 is 1.18 bits per heavy atom. The Hall–Kier alpha value is -3.76. The van der Waals surface area contributed by atoms with Crippen LogP contribution in [0.4, 0.5) is 5.69 Å². The number of ether oxygens (including phenoxy) is 2. The minimum absolute atomic E-state index is 0.0129. The van der Waals surface area contributed by atoms with Crippen LogP contribution in [0.5, 0.6) is 5.75 Å². The smallest absolute Gasteiger partial charge is 0.273 e. The number of morpholine rings is 1. The highest BCUT2D eigenvalue weighted by Gasteiger charge is 2.42. The molecule has 2 aliphatic rings. The topological polar surface area (TPSA) is 114 Å². The molecule has 3 heterocycles. The van der Waals surface area contributed by atoms with Crippen molar-refractivity contribution in [3.63, 3.8) is 0 Å². The number of fused-ring (bicyclic) bond motifs is 1. The molecule has 0 saturated carbocycles. The monoisotopic (exact) mass is 463 g/mol. The fraction of sp³-hybridized carbons (Fsp3) is 0.333. The Bertz CT molecular complexity index is 1200. The summed E-state index contributed by atoms with van der Waals surface area (Å²) in [4.78, 5) is 28.6. The number of hydrogen-bond donors (Lipinski definition) is 1. The van der Waals surface area contributed by atoms with E-state index < -0.39 is 11.0 Å². The van der Waals surface area contributed by atoms with Crippen LogP contribution in [0.1, 0.15) is 27.7 Å². The predicted octanol–water partition coefficient (Wildman–Crippen LogP) is 2.87. The summed E-state index contributed by atoms with van der Waals surface area (Å²) in [5, 5.41) is 18.9. The van der Waals surface area contributed by atoms with Gasteiger partial charge in [0, 0.05) is 49.4 Å². The van der Waals surface area contributed by atoms with Gasteiger partial charge in [0.25, 0.3) is 11.6 Å². The van der Waals surface area contributed by atoms with Crippen molar-refractivity contribution in [1.29, 1.82) is 0 Å². The molecule has 1 saturated heterocycles. The minimum atomic E-state index is -0.487. The number of benzene rings is 2. The van der Waals surface area contributed by atoms with Gasteiger partial charge in [0.05, 0.1) is 37.0 Å². The van der Waals surface area contributed by atoms with E-state index in [1.165, 1.54) is 6.07 Å². The molecule has 34 heavy (non-hydrogen) atoms. The minimum Gasteiger partial charge on any atom is -0.497 e. The van der Waals surface area contributed by atoms with Gasteiger partial charge in [0.2, 0.25) is 0 Å². The van der Waals surface area contributed by atoms with E-state index in [0.29, 0.717) is 43.3 Å². The number of carbonyl (C=O) groups is 1. The van der Waals surface area contributed by atoms with Crippen LogP contribution in [0.3, 0.4) is 0 Å². The highest BCUT2D eigenvalue weighted by molar-refractivity contribution is 6.00. The number of methoxy groups -OCH3 is 1. The zero-order valence-corrected chi connectivity index (χ0v) is 18.8. The lowest BCUT2D eigenvalue weighted by Gasteiger charge is -2.31. The Balaban J connectivity index is 1.55. The molecular weight excluding hydrogens is 438 g/mol. The van der Waals surface area contributed by atoms with Gasteiger partial charge in [-0.1, -0.05) is 12.1 Å². The predicted molar refractivity (Wildman–Crippen MR) is 124 cm³/mol. The second kappa shape index (κ2) is 9.24. The second-order valence-electron chi connectivity index (χ2n) is 8.30. The Morgan fingerprint density at radius 2 is 1.94 bits per heavy atom. The van der Waals surface area contributed by atoms with Crippen molar-refractivity contribution < 1.29 is 19.2 Å². The molecule has 1 amide bonds. The zero-order chi connectivity index (χ0) is 23.7. The van der Waals surface area contributed by atoms with Crippen molar-refractivity contribution in [3.05, 3.63) is 75.5 Å². The normalized spacial score (nSPS) is 18.2. The first-order valence-electron chi connectivity index (χ1n) is 11.1. The molecule has 3 aromatic rings. The lowest BCUT2D eigenvalue weighted by atomic mass is 9.95. The van der Waals surface area contributed by atoms with Gasteiger partial charge in [-0.15, -0.1) is 0 Å². The van der Waals surface area contributed by atoms with Crippen molar-refractivity contribution >= 4 is 11.6 Å². The van der Waals surface area contributed by atoms with Crippen LogP contribution in [-0.2, 0) is 4.74 Å². The number of nitrogens with one attached hydrogen (secondary N) is 1. The van der Waals surface area contributed by atoms with Gasteiger partial charge in [0.1, 0.15) is 11.4 Å². The lowest BCUT2D eigenvalue weighted by Crippen LogP contribution is -2.42. The van der Waals surface area contributed by atoms with Gasteiger partial charge in [-0.25, -0.2) is 0 Å². The maximum absolute atomic E-state index is 13.5. The van der Waals surface area contributed by atoms with E-state index >= 15 is 0 Å². The average molecular weight is 463 g/mol. The number of nitro benzene ring substituents is 1. The van der Waals surface area contributed by atoms with Gasteiger partial charge in [0.15, 0.2) is 0 Å². The number of rotatable bonds is 7. The summed E-state index contributed by atoms with van der Waals surface area (Å²) in [5.74, 6) is 0.557. The fourth-order valence-corrected chi connectivity index (χ4v) is 4.63. The Labute approximate surface area is 196 Å². The first-order valence-corrected chi connectivity index (χ1v) is 11.1. The number of amides is 1. The van der Waals surface area contributed by atoms with Crippen molar-refractivity contribution in [2.24, 2.45) is 0 Å². The summed E-state index contributed by atoms with van der Waals surface area (Å²) in [6.45, 7) is 4.15. The molecule has 0 radical (unpaired) electrons. The third-order valence-corrected chi connectivity index (χ3v) is 6.38. The molecule has 10 nitrogen and oxygen atoms in total. The number of H-pyrrole nitrogens is 1. The first kappa shape index (κ1) is 22.1. The number of nitro groups is 1. The molecule has 1 N–H and O–H groups in total. The van der Waals surface area contributed by atoms with Crippen LogP contribution in [0.15, 0.2) is 48.5 Å². The number of non-ortho nitro benzene ring substituents is 1. The van der Waals surface area contributed by atoms with E-state index in [0.717, 1.165) is 30.0 Å². The maximum atomic E-state index is 13.5. The molecule has 10 heteroatoms. The Morgan fingerprint density at radius 3 is 2.65 bits per heavy atom. The van der Waals surface area contributed by atoms with E-state index in [9.17, 15) is 14.9 Å². The van der Waals surface area contributed by atoms with Gasteiger partial charge in [-0.3, -0.25) is 24.9 Å². The highest BCUT2D eigenvalue weighted by atomic mass is 16.6. The SMILES string of the molecule is COc1ccc(-c2n[nH]c3c2C(c2cccc([N+](=O)[O-])c2)N(CCN2CCOCC2)C3=O)cc1. The fourth-order valence-electron chi connectivity index (χ4n) is 4.63. The molecule has 1 aromatic heterocycles. The van der Waals surface area contributed by atoms with Crippen LogP contribution >= 0.6 is 0 Å². The second-order valence-corrected chi connectivity index (χ2v) is 8.30. The highest BCUT2D eigenvalue weighted by Crippen LogP contribution is 2.43. The summed E-state index contributed by atoms with van der Waals surface area (Å²) in [5.41, 5.74) is 3.30. The van der Waals surface area contributed by atoms with Crippen LogP contribution in [0, 0.1) is 10.1 Å². The van der Waals surface area contributed by atoms with Gasteiger partial charge in [-0.05, 0) is 29.8 Å². The molecule has 2 aliphatic heterocycles. The van der Waals surface area contributed by atoms with Crippen molar-refractivity contribution in [2.75, 3.05) is 46.5 Å². The maximum Gasteiger partial charge on any atom is 0.273 e. The van der Waals surface area contributed by atoms with Gasteiger partial charge < -0.3 is 14.4 Å². The zero-order valence-electron chi connectivity index (χ0n) is 18.8. The molecule has 0 bridgehead atoms. The third kappa shape index (κ3) is 4.02. The number of hydrogen-bond acceptors (Lipinski definition) is 7. The molecule has 5 rings (SSSR count). The molecule has 1 atom stereocenters. The summed E-state index contributed by atoms with van der Waals surface area (Å²) < 4.78 is 10.7. The van der Waals surface area contributed by atoms with Crippen LogP contribution in [0.2, 0.25) is 0 Å². The lowest BCUT2D eigenvalue weighted by molar-refractivity contribution is -0.384. The molecule has 176 valence electrons. The Kier molecular flexibility index (Phi) is 5.99. The van der Waals surface area contributed by atoms with Gasteiger partial charge >= 0.3 is 0 Å². The largest absolute Gasteiger partial charge is 0.497 e. The number of nitrogens with zero attached hydrogens (tertiary/aromatic N) is 4. The van der Waals surface area contributed by atoms with Gasteiger partial charge in [-0.2, -0.15) is 5.10 Å². The summed E-state index contributed by atoms with van der Waals surface area (Å²) >= 11 is 0. The standard InChI is InChI=1S/C24H25N5O5/c1-33-19-7-5-16(6-8-19)21-20-22(26-25-21)24(30)28(10-9-27-11-13-34-14-12-27)23(20)17-3-2-4-18(15-17)29(31)32/h2-8,15,23H,9-14H2,1H3,(H,25,26). The van der Waals surface area contributed by atoms with Crippen LogP contribution in [0.25, 0.3) is 11.3 Å². The van der Waals surface area contributed by atoms with Crippen molar-refractivity contribution in [2.45, 2.75) is 6.04 Å². The van der Waals surface area contributed by atoms with E-state index in [-0.39, 0.29) is 11.6 Å². The average Bonchev–Trinajstić information content (AvgIpc) is 3.42. The third-order valence-electron chi connectivity index (χ3n) is 6.38. The molecule has 0 spiro atoms. The number of aromatic nitrogens is 2. The van der Waals surface area contributed by atoms with Crippen LogP contribution < -0.4 is 4.74 Å². The molecular formula is C24H25N5O5. The summed E-state index contributed by atoms with van der Waals surface area (Å²) in [7, 11) is 1.60.